The summed E-state index contributed by atoms with van der Waals surface area (Å²) in [5.41, 5.74) is 2.92. The molecule has 0 saturated heterocycles. The molecule has 19 heavy (non-hydrogen) atoms. The molecule has 2 aromatic heterocycles. The molecular formula is C14H13N3O2. The fourth-order valence-corrected chi connectivity index (χ4v) is 2.23. The molecule has 0 radical (unpaired) electrons. The van der Waals surface area contributed by atoms with E-state index in [9.17, 15) is 9.90 Å². The normalized spacial score (nSPS) is 11.1. The fourth-order valence-electron chi connectivity index (χ4n) is 2.23. The second kappa shape index (κ2) is 3.98. The lowest BCUT2D eigenvalue weighted by molar-refractivity contribution is 0.475. The summed E-state index contributed by atoms with van der Waals surface area (Å²) in [5.74, 6) is 0.200. The van der Waals surface area contributed by atoms with Gasteiger partial charge in [-0.3, -0.25) is 4.79 Å². The number of phenolic OH excluding ortho intramolecular Hbond substituents is 1. The molecule has 3 rings (SSSR count). The SMILES string of the molecule is Cc1cc2c(c(C)nn2-c2ccc(O)cc2)c(=O)[nH]1. The maximum absolute atomic E-state index is 12.0. The van der Waals surface area contributed by atoms with Gasteiger partial charge in [0.25, 0.3) is 5.56 Å². The summed E-state index contributed by atoms with van der Waals surface area (Å²) in [4.78, 5) is 14.7. The second-order valence-electron chi connectivity index (χ2n) is 4.56. The molecule has 0 atom stereocenters. The highest BCUT2D eigenvalue weighted by Gasteiger charge is 2.12. The standard InChI is InChI=1S/C14H13N3O2/c1-8-7-12-13(14(19)15-8)9(2)16-17(12)10-3-5-11(18)6-4-10/h3-7,18H,1-2H3,(H,15,19). The minimum absolute atomic E-state index is 0.127. The van der Waals surface area contributed by atoms with Gasteiger partial charge in [-0.25, -0.2) is 4.68 Å². The maximum atomic E-state index is 12.0. The van der Waals surface area contributed by atoms with Crippen molar-refractivity contribution in [3.63, 3.8) is 0 Å². The van der Waals surface area contributed by atoms with Gasteiger partial charge in [0.05, 0.1) is 22.3 Å². The van der Waals surface area contributed by atoms with Gasteiger partial charge in [0.15, 0.2) is 0 Å². The van der Waals surface area contributed by atoms with Gasteiger partial charge in [0.1, 0.15) is 5.75 Å². The lowest BCUT2D eigenvalue weighted by Gasteiger charge is -2.03. The third-order valence-electron chi connectivity index (χ3n) is 3.08. The number of aromatic hydroxyl groups is 1. The molecular weight excluding hydrogens is 242 g/mol. The Morgan fingerprint density at radius 1 is 1.21 bits per heavy atom. The zero-order chi connectivity index (χ0) is 13.6. The molecule has 0 saturated carbocycles. The van der Waals surface area contributed by atoms with E-state index in [2.05, 4.69) is 10.1 Å². The molecule has 5 nitrogen and oxygen atoms in total. The highest BCUT2D eigenvalue weighted by atomic mass is 16.3. The highest BCUT2D eigenvalue weighted by molar-refractivity contribution is 5.82. The molecule has 0 amide bonds. The zero-order valence-electron chi connectivity index (χ0n) is 10.6. The van der Waals surface area contributed by atoms with Crippen LogP contribution < -0.4 is 5.56 Å². The number of aryl methyl sites for hydroxylation is 2. The third-order valence-corrected chi connectivity index (χ3v) is 3.08. The summed E-state index contributed by atoms with van der Waals surface area (Å²) in [6.07, 6.45) is 0. The summed E-state index contributed by atoms with van der Waals surface area (Å²) in [5, 5.41) is 14.3. The van der Waals surface area contributed by atoms with E-state index < -0.39 is 0 Å². The Bertz CT molecular complexity index is 813. The van der Waals surface area contributed by atoms with E-state index in [1.54, 1.807) is 28.9 Å². The highest BCUT2D eigenvalue weighted by Crippen LogP contribution is 2.20. The average Bonchev–Trinajstić information content (AvgIpc) is 2.67. The maximum Gasteiger partial charge on any atom is 0.259 e. The van der Waals surface area contributed by atoms with Crippen LogP contribution in [0.2, 0.25) is 0 Å². The van der Waals surface area contributed by atoms with Gasteiger partial charge >= 0.3 is 0 Å². The van der Waals surface area contributed by atoms with Crippen LogP contribution >= 0.6 is 0 Å². The minimum Gasteiger partial charge on any atom is -0.508 e. The Hall–Kier alpha value is -2.56. The van der Waals surface area contributed by atoms with Crippen LogP contribution in [-0.4, -0.2) is 19.9 Å². The molecule has 5 heteroatoms. The van der Waals surface area contributed by atoms with E-state index in [0.29, 0.717) is 11.1 Å². The van der Waals surface area contributed by atoms with Crippen LogP contribution in [0, 0.1) is 13.8 Å². The quantitative estimate of drug-likeness (QED) is 0.699. The van der Waals surface area contributed by atoms with Crippen molar-refractivity contribution in [2.75, 3.05) is 0 Å². The van der Waals surface area contributed by atoms with Crippen molar-refractivity contribution >= 4 is 10.9 Å². The molecule has 0 aliphatic heterocycles. The number of aromatic nitrogens is 3. The van der Waals surface area contributed by atoms with Crippen molar-refractivity contribution in [3.8, 4) is 11.4 Å². The van der Waals surface area contributed by atoms with Gasteiger partial charge in [-0.1, -0.05) is 0 Å². The number of hydrogen-bond donors (Lipinski definition) is 2. The molecule has 0 unspecified atom stereocenters. The monoisotopic (exact) mass is 255 g/mol. The number of benzene rings is 1. The van der Waals surface area contributed by atoms with Crippen LogP contribution in [0.4, 0.5) is 0 Å². The number of hydrogen-bond acceptors (Lipinski definition) is 3. The van der Waals surface area contributed by atoms with Gasteiger partial charge in [-0.15, -0.1) is 0 Å². The lowest BCUT2D eigenvalue weighted by atomic mass is 10.2. The number of H-pyrrole nitrogens is 1. The smallest absolute Gasteiger partial charge is 0.259 e. The Morgan fingerprint density at radius 2 is 1.89 bits per heavy atom. The summed E-state index contributed by atoms with van der Waals surface area (Å²) >= 11 is 0. The van der Waals surface area contributed by atoms with Crippen molar-refractivity contribution in [2.24, 2.45) is 0 Å². The number of phenols is 1. The van der Waals surface area contributed by atoms with E-state index >= 15 is 0 Å². The summed E-state index contributed by atoms with van der Waals surface area (Å²) in [6, 6.07) is 8.61. The first-order valence-electron chi connectivity index (χ1n) is 5.95. The first-order chi connectivity index (χ1) is 9.06. The average molecular weight is 255 g/mol. The van der Waals surface area contributed by atoms with Gasteiger partial charge in [0.2, 0.25) is 0 Å². The fraction of sp³-hybridized carbons (Fsp3) is 0.143. The largest absolute Gasteiger partial charge is 0.508 e. The molecule has 3 aromatic rings. The van der Waals surface area contributed by atoms with Crippen molar-refractivity contribution in [1.82, 2.24) is 14.8 Å². The van der Waals surface area contributed by atoms with E-state index in [0.717, 1.165) is 16.9 Å². The van der Waals surface area contributed by atoms with Crippen molar-refractivity contribution in [2.45, 2.75) is 13.8 Å². The first kappa shape index (κ1) is 11.5. The molecule has 1 aromatic carbocycles. The zero-order valence-corrected chi connectivity index (χ0v) is 10.6. The van der Waals surface area contributed by atoms with Crippen LogP contribution in [0.5, 0.6) is 5.75 Å². The first-order valence-corrected chi connectivity index (χ1v) is 5.95. The van der Waals surface area contributed by atoms with Crippen molar-refractivity contribution in [3.05, 3.63) is 52.1 Å². The second-order valence-corrected chi connectivity index (χ2v) is 4.56. The molecule has 0 aliphatic rings. The van der Waals surface area contributed by atoms with Crippen molar-refractivity contribution in [1.29, 1.82) is 0 Å². The van der Waals surface area contributed by atoms with Crippen LogP contribution in [0.3, 0.4) is 0 Å². The molecule has 2 heterocycles. The predicted octanol–water partition coefficient (Wildman–Crippen LogP) is 2.04. The number of nitrogens with zero attached hydrogens (tertiary/aromatic N) is 2. The van der Waals surface area contributed by atoms with Crippen LogP contribution in [0.1, 0.15) is 11.4 Å². The molecule has 0 fully saturated rings. The minimum atomic E-state index is -0.127. The molecule has 0 aliphatic carbocycles. The predicted molar refractivity (Wildman–Crippen MR) is 72.8 cm³/mol. The molecule has 2 N–H and O–H groups in total. The Labute approximate surface area is 109 Å². The van der Waals surface area contributed by atoms with Crippen LogP contribution in [0.25, 0.3) is 16.6 Å². The molecule has 0 bridgehead atoms. The Kier molecular flexibility index (Phi) is 2.41. The van der Waals surface area contributed by atoms with Crippen LogP contribution in [0.15, 0.2) is 35.1 Å². The Balaban J connectivity index is 2.36. The number of pyridine rings is 1. The third kappa shape index (κ3) is 1.79. The topological polar surface area (TPSA) is 70.9 Å². The van der Waals surface area contributed by atoms with E-state index in [4.69, 9.17) is 0 Å². The molecule has 96 valence electrons. The Morgan fingerprint density at radius 3 is 2.58 bits per heavy atom. The number of rotatable bonds is 1. The van der Waals surface area contributed by atoms with Gasteiger partial charge in [-0.2, -0.15) is 5.10 Å². The summed E-state index contributed by atoms with van der Waals surface area (Å²) in [6.45, 7) is 3.65. The number of aromatic amines is 1. The van der Waals surface area contributed by atoms with Gasteiger partial charge < -0.3 is 10.1 Å². The summed E-state index contributed by atoms with van der Waals surface area (Å²) in [7, 11) is 0. The van der Waals surface area contributed by atoms with Gasteiger partial charge in [0, 0.05) is 5.69 Å². The molecule has 0 spiro atoms. The number of nitrogens with one attached hydrogen (secondary N) is 1. The van der Waals surface area contributed by atoms with Crippen molar-refractivity contribution < 1.29 is 5.11 Å². The van der Waals surface area contributed by atoms with E-state index in [1.807, 2.05) is 19.9 Å². The van der Waals surface area contributed by atoms with E-state index in [-0.39, 0.29) is 11.3 Å². The lowest BCUT2D eigenvalue weighted by Crippen LogP contribution is -2.07. The van der Waals surface area contributed by atoms with Gasteiger partial charge in [-0.05, 0) is 44.2 Å². The van der Waals surface area contributed by atoms with E-state index in [1.165, 1.54) is 0 Å². The number of fused-ring (bicyclic) bond motifs is 1. The van der Waals surface area contributed by atoms with Crippen LogP contribution in [-0.2, 0) is 0 Å². The summed E-state index contributed by atoms with van der Waals surface area (Å²) < 4.78 is 1.71.